The highest BCUT2D eigenvalue weighted by molar-refractivity contribution is 6.33. The molecule has 0 spiro atoms. The van der Waals surface area contributed by atoms with Gasteiger partial charge in [0.15, 0.2) is 5.82 Å². The summed E-state index contributed by atoms with van der Waals surface area (Å²) in [5.74, 6) is 0.416. The van der Waals surface area contributed by atoms with Crippen LogP contribution in [0.3, 0.4) is 0 Å². The number of benzene rings is 1. The highest BCUT2D eigenvalue weighted by Crippen LogP contribution is 2.38. The van der Waals surface area contributed by atoms with Gasteiger partial charge in [-0.25, -0.2) is 0 Å². The Bertz CT molecular complexity index is 673. The predicted molar refractivity (Wildman–Crippen MR) is 71.1 cm³/mol. The predicted octanol–water partition coefficient (Wildman–Crippen LogP) is 3.57. The summed E-state index contributed by atoms with van der Waals surface area (Å²) >= 11 is 6.20. The van der Waals surface area contributed by atoms with Gasteiger partial charge in [-0.05, 0) is 12.1 Å². The topological polar surface area (TPSA) is 67.8 Å². The number of H-pyrrole nitrogens is 1. The second-order valence-electron chi connectivity index (χ2n) is 3.85. The van der Waals surface area contributed by atoms with Crippen molar-refractivity contribution < 1.29 is 4.42 Å². The summed E-state index contributed by atoms with van der Waals surface area (Å²) < 4.78 is 5.08. The van der Waals surface area contributed by atoms with Crippen LogP contribution in [0, 0.1) is 0 Å². The van der Waals surface area contributed by atoms with Crippen molar-refractivity contribution in [1.82, 2.24) is 10.2 Å². The molecule has 0 unspecified atom stereocenters. The van der Waals surface area contributed by atoms with Gasteiger partial charge in [0.1, 0.15) is 0 Å². The molecule has 4 nitrogen and oxygen atoms in total. The highest BCUT2D eigenvalue weighted by atomic mass is 35.5. The molecule has 2 aromatic heterocycles. The van der Waals surface area contributed by atoms with Gasteiger partial charge in [0, 0.05) is 16.1 Å². The maximum Gasteiger partial charge on any atom is 0.153 e. The van der Waals surface area contributed by atoms with Crippen molar-refractivity contribution in [2.45, 2.75) is 0 Å². The number of hydrogen-bond donors (Lipinski definition) is 2. The van der Waals surface area contributed by atoms with E-state index in [0.717, 1.165) is 22.4 Å². The molecule has 0 bridgehead atoms. The Morgan fingerprint density at radius 3 is 2.78 bits per heavy atom. The highest BCUT2D eigenvalue weighted by Gasteiger charge is 2.17. The monoisotopic (exact) mass is 259 g/mol. The van der Waals surface area contributed by atoms with Gasteiger partial charge in [0.05, 0.1) is 23.8 Å². The first kappa shape index (κ1) is 10.9. The number of hydrogen-bond acceptors (Lipinski definition) is 3. The Morgan fingerprint density at radius 1 is 1.22 bits per heavy atom. The second kappa shape index (κ2) is 4.23. The third-order valence-corrected chi connectivity index (χ3v) is 3.08. The van der Waals surface area contributed by atoms with Gasteiger partial charge in [-0.2, -0.15) is 5.10 Å². The number of nitrogens with two attached hydrogens (primary N) is 1. The maximum absolute atomic E-state index is 6.20. The summed E-state index contributed by atoms with van der Waals surface area (Å²) in [7, 11) is 0. The van der Waals surface area contributed by atoms with E-state index >= 15 is 0 Å². The van der Waals surface area contributed by atoms with Gasteiger partial charge in [-0.15, -0.1) is 0 Å². The van der Waals surface area contributed by atoms with E-state index in [1.54, 1.807) is 12.5 Å². The van der Waals surface area contributed by atoms with E-state index in [9.17, 15) is 0 Å². The summed E-state index contributed by atoms with van der Waals surface area (Å²) in [6.45, 7) is 0. The van der Waals surface area contributed by atoms with Crippen molar-refractivity contribution in [1.29, 1.82) is 0 Å². The van der Waals surface area contributed by atoms with Gasteiger partial charge < -0.3 is 10.2 Å². The first-order valence-corrected chi connectivity index (χ1v) is 5.76. The van der Waals surface area contributed by atoms with Crippen LogP contribution in [0.25, 0.3) is 22.4 Å². The van der Waals surface area contributed by atoms with Gasteiger partial charge >= 0.3 is 0 Å². The molecule has 3 aromatic rings. The Balaban J connectivity index is 2.24. The second-order valence-corrected chi connectivity index (χ2v) is 4.26. The quantitative estimate of drug-likeness (QED) is 0.739. The Hall–Kier alpha value is -2.20. The van der Waals surface area contributed by atoms with Crippen LogP contribution < -0.4 is 5.73 Å². The van der Waals surface area contributed by atoms with Crippen molar-refractivity contribution in [2.75, 3.05) is 5.73 Å². The summed E-state index contributed by atoms with van der Waals surface area (Å²) in [5.41, 5.74) is 9.24. The molecule has 90 valence electrons. The van der Waals surface area contributed by atoms with Gasteiger partial charge in [0.25, 0.3) is 0 Å². The Morgan fingerprint density at radius 2 is 2.06 bits per heavy atom. The zero-order valence-electron chi connectivity index (χ0n) is 9.35. The van der Waals surface area contributed by atoms with Gasteiger partial charge in [-0.1, -0.05) is 29.8 Å². The van der Waals surface area contributed by atoms with Crippen LogP contribution in [-0.4, -0.2) is 10.2 Å². The van der Waals surface area contributed by atoms with E-state index in [2.05, 4.69) is 10.2 Å². The van der Waals surface area contributed by atoms with E-state index in [4.69, 9.17) is 21.8 Å². The minimum Gasteiger partial charge on any atom is -0.472 e. The molecule has 3 N–H and O–H groups in total. The third kappa shape index (κ3) is 1.67. The molecule has 3 rings (SSSR count). The van der Waals surface area contributed by atoms with E-state index in [1.807, 2.05) is 30.3 Å². The van der Waals surface area contributed by atoms with E-state index in [1.165, 1.54) is 0 Å². The van der Waals surface area contributed by atoms with Crippen LogP contribution in [0.2, 0.25) is 5.02 Å². The van der Waals surface area contributed by atoms with E-state index < -0.39 is 0 Å². The van der Waals surface area contributed by atoms with Crippen molar-refractivity contribution in [3.63, 3.8) is 0 Å². The standard InChI is InChI=1S/C13H10ClN3O/c14-10-4-2-1-3-9(10)11-12(16-17-13(11)15)8-5-6-18-7-8/h1-7H,(H3,15,16,17). The minimum absolute atomic E-state index is 0.416. The van der Waals surface area contributed by atoms with Crippen molar-refractivity contribution in [2.24, 2.45) is 0 Å². The van der Waals surface area contributed by atoms with Crippen molar-refractivity contribution >= 4 is 17.4 Å². The number of anilines is 1. The zero-order valence-corrected chi connectivity index (χ0v) is 10.1. The van der Waals surface area contributed by atoms with Crippen LogP contribution in [0.5, 0.6) is 0 Å². The molecule has 0 aliphatic rings. The smallest absolute Gasteiger partial charge is 0.153 e. The number of furan rings is 1. The summed E-state index contributed by atoms with van der Waals surface area (Å²) in [5, 5.41) is 7.59. The number of nitrogens with one attached hydrogen (secondary N) is 1. The molecule has 0 aliphatic carbocycles. The van der Waals surface area contributed by atoms with Crippen LogP contribution in [0.1, 0.15) is 0 Å². The number of rotatable bonds is 2. The first-order chi connectivity index (χ1) is 8.77. The van der Waals surface area contributed by atoms with Crippen LogP contribution in [-0.2, 0) is 0 Å². The Labute approximate surface area is 108 Å². The molecule has 0 atom stereocenters. The van der Waals surface area contributed by atoms with Gasteiger partial charge in [0.2, 0.25) is 0 Å². The average molecular weight is 260 g/mol. The van der Waals surface area contributed by atoms with Crippen LogP contribution in [0.4, 0.5) is 5.82 Å². The van der Waals surface area contributed by atoms with Crippen molar-refractivity contribution in [3.05, 3.63) is 47.9 Å². The molecular weight excluding hydrogens is 250 g/mol. The zero-order chi connectivity index (χ0) is 12.5. The molecule has 0 aliphatic heterocycles. The average Bonchev–Trinajstić information content (AvgIpc) is 2.99. The molecule has 18 heavy (non-hydrogen) atoms. The van der Waals surface area contributed by atoms with Crippen LogP contribution in [0.15, 0.2) is 47.3 Å². The van der Waals surface area contributed by atoms with E-state index in [-0.39, 0.29) is 0 Å². The summed E-state index contributed by atoms with van der Waals surface area (Å²) in [4.78, 5) is 0. The number of nitrogen functional groups attached to an aromatic ring is 1. The maximum atomic E-state index is 6.20. The third-order valence-electron chi connectivity index (χ3n) is 2.75. The van der Waals surface area contributed by atoms with E-state index in [0.29, 0.717) is 10.8 Å². The first-order valence-electron chi connectivity index (χ1n) is 5.38. The molecule has 5 heteroatoms. The minimum atomic E-state index is 0.416. The lowest BCUT2D eigenvalue weighted by Gasteiger charge is -2.04. The lowest BCUT2D eigenvalue weighted by Crippen LogP contribution is -1.89. The Kier molecular flexibility index (Phi) is 2.57. The van der Waals surface area contributed by atoms with Crippen molar-refractivity contribution in [3.8, 4) is 22.4 Å². The fourth-order valence-corrected chi connectivity index (χ4v) is 2.14. The van der Waals surface area contributed by atoms with Crippen LogP contribution >= 0.6 is 11.6 Å². The lowest BCUT2D eigenvalue weighted by atomic mass is 10.0. The number of nitrogens with zero attached hydrogens (tertiary/aromatic N) is 1. The fourth-order valence-electron chi connectivity index (χ4n) is 1.91. The molecule has 0 radical (unpaired) electrons. The SMILES string of the molecule is Nc1n[nH]c(-c2ccoc2)c1-c1ccccc1Cl. The molecule has 1 aromatic carbocycles. The lowest BCUT2D eigenvalue weighted by molar-refractivity contribution is 0.568. The molecule has 0 saturated carbocycles. The molecule has 0 saturated heterocycles. The normalized spacial score (nSPS) is 10.7. The van der Waals surface area contributed by atoms with Gasteiger partial charge in [-0.3, -0.25) is 5.10 Å². The number of aromatic amines is 1. The molecule has 0 amide bonds. The summed E-state index contributed by atoms with van der Waals surface area (Å²) in [6, 6.07) is 9.36. The summed E-state index contributed by atoms with van der Waals surface area (Å²) in [6.07, 6.45) is 3.23. The number of aromatic nitrogens is 2. The molecule has 2 heterocycles. The fraction of sp³-hybridized carbons (Fsp3) is 0. The molecular formula is C13H10ClN3O. The number of halogens is 1. The molecule has 0 fully saturated rings. The largest absolute Gasteiger partial charge is 0.472 e.